The van der Waals surface area contributed by atoms with Crippen LogP contribution >= 0.6 is 11.3 Å². The molecule has 7 heteroatoms. The van der Waals surface area contributed by atoms with E-state index in [2.05, 4.69) is 15.5 Å². The average molecular weight is 387 g/mol. The molecule has 140 valence electrons. The first kappa shape index (κ1) is 19.0. The highest BCUT2D eigenvalue weighted by molar-refractivity contribution is 7.14. The maximum absolute atomic E-state index is 14.4. The van der Waals surface area contributed by atoms with Crippen LogP contribution in [0.15, 0.2) is 52.9 Å². The number of thiazole rings is 1. The molecule has 3 rings (SSSR count). The molecule has 1 aromatic heterocycles. The maximum Gasteiger partial charge on any atom is 0.203 e. The lowest BCUT2D eigenvalue weighted by Gasteiger charge is -2.08. The number of hydrogen-bond donors (Lipinski definition) is 1. The summed E-state index contributed by atoms with van der Waals surface area (Å²) >= 11 is 1.36. The quantitative estimate of drug-likeness (QED) is 0.306. The number of unbranched alkanes of at least 4 members (excludes halogenated alkanes) is 1. The number of nitrogens with zero attached hydrogens (tertiary/aromatic N) is 2. The number of aromatic nitrogens is 1. The fourth-order valence-electron chi connectivity index (χ4n) is 2.32. The van der Waals surface area contributed by atoms with Gasteiger partial charge in [-0.05, 0) is 18.6 Å². The summed E-state index contributed by atoms with van der Waals surface area (Å²) in [6.07, 6.45) is 2.83. The zero-order valence-electron chi connectivity index (χ0n) is 14.8. The molecule has 2 aromatic carbocycles. The van der Waals surface area contributed by atoms with E-state index >= 15 is 0 Å². The van der Waals surface area contributed by atoms with Crippen molar-refractivity contribution >= 4 is 22.7 Å². The number of rotatable bonds is 8. The van der Waals surface area contributed by atoms with Gasteiger partial charge in [-0.1, -0.05) is 43.7 Å². The highest BCUT2D eigenvalue weighted by Gasteiger charge is 2.13. The van der Waals surface area contributed by atoms with Gasteiger partial charge in [0.25, 0.3) is 0 Å². The van der Waals surface area contributed by atoms with E-state index in [1.54, 1.807) is 0 Å². The van der Waals surface area contributed by atoms with Gasteiger partial charge in [-0.2, -0.15) is 5.10 Å². The van der Waals surface area contributed by atoms with Crippen molar-refractivity contribution in [2.45, 2.75) is 19.8 Å². The van der Waals surface area contributed by atoms with Crippen molar-refractivity contribution in [1.29, 1.82) is 0 Å². The van der Waals surface area contributed by atoms with Crippen LogP contribution in [0.4, 0.5) is 13.9 Å². The fraction of sp³-hybridized carbons (Fsp3) is 0.200. The van der Waals surface area contributed by atoms with E-state index in [1.807, 2.05) is 42.6 Å². The molecular weight excluding hydrogens is 368 g/mol. The monoisotopic (exact) mass is 387 g/mol. The molecule has 0 atom stereocenters. The van der Waals surface area contributed by atoms with Crippen LogP contribution < -0.4 is 10.2 Å². The zero-order chi connectivity index (χ0) is 19.1. The summed E-state index contributed by atoms with van der Waals surface area (Å²) in [6.45, 7) is 2.39. The molecule has 0 saturated heterocycles. The van der Waals surface area contributed by atoms with Crippen LogP contribution in [0.2, 0.25) is 0 Å². The molecule has 0 aliphatic heterocycles. The third-order valence-electron chi connectivity index (χ3n) is 3.77. The van der Waals surface area contributed by atoms with Crippen molar-refractivity contribution in [1.82, 2.24) is 4.98 Å². The second-order valence-corrected chi connectivity index (χ2v) is 6.61. The fourth-order valence-corrected chi connectivity index (χ4v) is 2.99. The van der Waals surface area contributed by atoms with Gasteiger partial charge in [-0.25, -0.2) is 13.8 Å². The van der Waals surface area contributed by atoms with Gasteiger partial charge in [-0.15, -0.1) is 11.3 Å². The SMILES string of the molecule is CCCCOc1ccc(F)c(C=NNc2nc(-c3ccccc3)cs2)c1F. The molecule has 3 aromatic rings. The van der Waals surface area contributed by atoms with Gasteiger partial charge in [0.1, 0.15) is 5.82 Å². The van der Waals surface area contributed by atoms with Crippen LogP contribution in [-0.4, -0.2) is 17.8 Å². The number of hydrogen-bond acceptors (Lipinski definition) is 5. The number of hydrazone groups is 1. The highest BCUT2D eigenvalue weighted by Crippen LogP contribution is 2.25. The largest absolute Gasteiger partial charge is 0.490 e. The minimum Gasteiger partial charge on any atom is -0.490 e. The first-order chi connectivity index (χ1) is 13.2. The van der Waals surface area contributed by atoms with Crippen LogP contribution in [0.25, 0.3) is 11.3 Å². The van der Waals surface area contributed by atoms with Crippen LogP contribution in [-0.2, 0) is 0 Å². The molecule has 0 fully saturated rings. The number of benzene rings is 2. The second-order valence-electron chi connectivity index (χ2n) is 5.75. The maximum atomic E-state index is 14.4. The number of nitrogens with one attached hydrogen (secondary N) is 1. The summed E-state index contributed by atoms with van der Waals surface area (Å²) in [6, 6.07) is 12.2. The van der Waals surface area contributed by atoms with E-state index in [1.165, 1.54) is 23.5 Å². The van der Waals surface area contributed by atoms with Gasteiger partial charge >= 0.3 is 0 Å². The van der Waals surface area contributed by atoms with E-state index in [0.29, 0.717) is 11.7 Å². The Bertz CT molecular complexity index is 913. The van der Waals surface area contributed by atoms with E-state index < -0.39 is 11.6 Å². The molecule has 0 aliphatic carbocycles. The summed E-state index contributed by atoms with van der Waals surface area (Å²) in [5.41, 5.74) is 4.25. The van der Waals surface area contributed by atoms with Crippen molar-refractivity contribution in [3.8, 4) is 17.0 Å². The molecule has 0 bridgehead atoms. The number of ether oxygens (including phenoxy) is 1. The second kappa shape index (κ2) is 9.23. The van der Waals surface area contributed by atoms with Crippen molar-refractivity contribution in [3.63, 3.8) is 0 Å². The summed E-state index contributed by atoms with van der Waals surface area (Å²) in [5.74, 6) is -1.45. The Labute approximate surface area is 160 Å². The van der Waals surface area contributed by atoms with Crippen molar-refractivity contribution in [2.24, 2.45) is 5.10 Å². The van der Waals surface area contributed by atoms with E-state index in [-0.39, 0.29) is 11.3 Å². The first-order valence-corrected chi connectivity index (χ1v) is 9.48. The van der Waals surface area contributed by atoms with Crippen LogP contribution in [0, 0.1) is 11.6 Å². The molecule has 1 heterocycles. The molecule has 0 saturated carbocycles. The van der Waals surface area contributed by atoms with Crippen molar-refractivity contribution in [2.75, 3.05) is 12.0 Å². The number of anilines is 1. The Morgan fingerprint density at radius 3 is 2.78 bits per heavy atom. The summed E-state index contributed by atoms with van der Waals surface area (Å²) in [4.78, 5) is 4.41. The first-order valence-electron chi connectivity index (χ1n) is 8.60. The Hall–Kier alpha value is -2.80. The lowest BCUT2D eigenvalue weighted by Crippen LogP contribution is -2.03. The number of halogens is 2. The van der Waals surface area contributed by atoms with Gasteiger partial charge in [0, 0.05) is 10.9 Å². The predicted octanol–water partition coefficient (Wildman–Crippen LogP) is 5.71. The van der Waals surface area contributed by atoms with E-state index in [4.69, 9.17) is 4.74 Å². The van der Waals surface area contributed by atoms with Gasteiger partial charge in [0.05, 0.1) is 24.1 Å². The van der Waals surface area contributed by atoms with Crippen LogP contribution in [0.1, 0.15) is 25.3 Å². The smallest absolute Gasteiger partial charge is 0.203 e. The summed E-state index contributed by atoms with van der Waals surface area (Å²) in [5, 5.41) is 6.33. The lowest BCUT2D eigenvalue weighted by molar-refractivity contribution is 0.293. The molecular formula is C20H19F2N3OS. The van der Waals surface area contributed by atoms with E-state index in [0.717, 1.165) is 30.3 Å². The third-order valence-corrected chi connectivity index (χ3v) is 4.52. The van der Waals surface area contributed by atoms with Gasteiger partial charge in [-0.3, -0.25) is 5.43 Å². The minimum absolute atomic E-state index is 0.0203. The predicted molar refractivity (Wildman–Crippen MR) is 106 cm³/mol. The van der Waals surface area contributed by atoms with Crippen molar-refractivity contribution in [3.05, 3.63) is 65.0 Å². The Morgan fingerprint density at radius 1 is 1.19 bits per heavy atom. The zero-order valence-corrected chi connectivity index (χ0v) is 15.6. The third kappa shape index (κ3) is 4.89. The molecule has 4 nitrogen and oxygen atoms in total. The molecule has 0 spiro atoms. The molecule has 1 N–H and O–H groups in total. The van der Waals surface area contributed by atoms with E-state index in [9.17, 15) is 8.78 Å². The standard InChI is InChI=1S/C20H19F2N3OS/c1-2-3-11-26-18-10-9-16(21)15(19(18)22)12-23-25-20-24-17(13-27-20)14-7-5-4-6-8-14/h4-10,12-13H,2-3,11H2,1H3,(H,24,25). The Kier molecular flexibility index (Phi) is 6.49. The Morgan fingerprint density at radius 2 is 2.00 bits per heavy atom. The normalized spacial score (nSPS) is 11.1. The summed E-state index contributed by atoms with van der Waals surface area (Å²) < 4.78 is 33.7. The van der Waals surface area contributed by atoms with Crippen LogP contribution in [0.5, 0.6) is 5.75 Å². The topological polar surface area (TPSA) is 46.5 Å². The van der Waals surface area contributed by atoms with Crippen molar-refractivity contribution < 1.29 is 13.5 Å². The summed E-state index contributed by atoms with van der Waals surface area (Å²) in [7, 11) is 0. The average Bonchev–Trinajstić information content (AvgIpc) is 3.16. The molecule has 0 radical (unpaired) electrons. The molecule has 27 heavy (non-hydrogen) atoms. The molecule has 0 aliphatic rings. The molecule has 0 unspecified atom stereocenters. The van der Waals surface area contributed by atoms with Gasteiger partial charge in [0.2, 0.25) is 5.13 Å². The highest BCUT2D eigenvalue weighted by atomic mass is 32.1. The van der Waals surface area contributed by atoms with Gasteiger partial charge < -0.3 is 4.74 Å². The van der Waals surface area contributed by atoms with Crippen LogP contribution in [0.3, 0.4) is 0 Å². The minimum atomic E-state index is -0.763. The lowest BCUT2D eigenvalue weighted by atomic mass is 10.2. The van der Waals surface area contributed by atoms with Gasteiger partial charge in [0.15, 0.2) is 11.6 Å². The molecule has 0 amide bonds. The Balaban J connectivity index is 1.69.